The first-order valence-electron chi connectivity index (χ1n) is 8.55. The second-order valence-corrected chi connectivity index (χ2v) is 6.54. The smallest absolute Gasteiger partial charge is 0.315 e. The molecule has 134 valence electrons. The van der Waals surface area contributed by atoms with Crippen LogP contribution in [-0.4, -0.2) is 34.7 Å². The van der Waals surface area contributed by atoms with Crippen LogP contribution in [-0.2, 0) is 11.2 Å². The summed E-state index contributed by atoms with van der Waals surface area (Å²) in [6.07, 6.45) is 5.07. The SMILES string of the molecule is O=C(NCCc1c[nH]c2cc(F)ccc12)NC1CCC(C(=O)O)CC1. The van der Waals surface area contributed by atoms with Gasteiger partial charge in [-0.3, -0.25) is 4.79 Å². The number of aromatic nitrogens is 1. The van der Waals surface area contributed by atoms with Gasteiger partial charge in [-0.25, -0.2) is 9.18 Å². The maximum atomic E-state index is 13.2. The van der Waals surface area contributed by atoms with E-state index in [1.54, 1.807) is 6.07 Å². The van der Waals surface area contributed by atoms with E-state index in [9.17, 15) is 14.0 Å². The molecule has 25 heavy (non-hydrogen) atoms. The van der Waals surface area contributed by atoms with Crippen molar-refractivity contribution in [2.75, 3.05) is 6.54 Å². The fourth-order valence-corrected chi connectivity index (χ4v) is 3.40. The van der Waals surface area contributed by atoms with Gasteiger partial charge in [0.25, 0.3) is 0 Å². The number of hydrogen-bond acceptors (Lipinski definition) is 2. The number of aliphatic carboxylic acids is 1. The third kappa shape index (κ3) is 4.29. The maximum Gasteiger partial charge on any atom is 0.315 e. The van der Waals surface area contributed by atoms with Crippen LogP contribution < -0.4 is 10.6 Å². The molecule has 1 aromatic carbocycles. The number of hydrogen-bond donors (Lipinski definition) is 4. The van der Waals surface area contributed by atoms with Gasteiger partial charge >= 0.3 is 12.0 Å². The molecule has 3 rings (SSSR count). The van der Waals surface area contributed by atoms with E-state index in [0.717, 1.165) is 16.5 Å². The number of carboxylic acids is 1. The monoisotopic (exact) mass is 347 g/mol. The zero-order chi connectivity index (χ0) is 17.8. The van der Waals surface area contributed by atoms with Crippen LogP contribution >= 0.6 is 0 Å². The van der Waals surface area contributed by atoms with Gasteiger partial charge in [0.15, 0.2) is 0 Å². The highest BCUT2D eigenvalue weighted by molar-refractivity contribution is 5.83. The lowest BCUT2D eigenvalue weighted by atomic mass is 9.86. The zero-order valence-electron chi connectivity index (χ0n) is 13.8. The van der Waals surface area contributed by atoms with Crippen LogP contribution in [0.2, 0.25) is 0 Å². The molecule has 1 fully saturated rings. The van der Waals surface area contributed by atoms with Crippen LogP contribution in [0.15, 0.2) is 24.4 Å². The highest BCUT2D eigenvalue weighted by Gasteiger charge is 2.26. The average molecular weight is 347 g/mol. The summed E-state index contributed by atoms with van der Waals surface area (Å²) in [6.45, 7) is 0.473. The van der Waals surface area contributed by atoms with Crippen molar-refractivity contribution in [2.45, 2.75) is 38.1 Å². The number of amides is 2. The van der Waals surface area contributed by atoms with Crippen LogP contribution in [0.3, 0.4) is 0 Å². The van der Waals surface area contributed by atoms with E-state index >= 15 is 0 Å². The van der Waals surface area contributed by atoms with Crippen LogP contribution in [0.5, 0.6) is 0 Å². The van der Waals surface area contributed by atoms with E-state index in [2.05, 4.69) is 15.6 Å². The van der Waals surface area contributed by atoms with Gasteiger partial charge in [0.1, 0.15) is 5.82 Å². The van der Waals surface area contributed by atoms with Crippen molar-refractivity contribution >= 4 is 22.9 Å². The molecular formula is C18H22FN3O3. The summed E-state index contributed by atoms with van der Waals surface area (Å²) in [6, 6.07) is 4.41. The second kappa shape index (κ2) is 7.55. The number of nitrogens with one attached hydrogen (secondary N) is 3. The van der Waals surface area contributed by atoms with E-state index in [4.69, 9.17) is 5.11 Å². The van der Waals surface area contributed by atoms with Crippen molar-refractivity contribution in [3.8, 4) is 0 Å². The maximum absolute atomic E-state index is 13.2. The fourth-order valence-electron chi connectivity index (χ4n) is 3.40. The Kier molecular flexibility index (Phi) is 5.21. The van der Waals surface area contributed by atoms with Crippen LogP contribution in [0.25, 0.3) is 10.9 Å². The third-order valence-electron chi connectivity index (χ3n) is 4.82. The summed E-state index contributed by atoms with van der Waals surface area (Å²) in [4.78, 5) is 25.9. The van der Waals surface area contributed by atoms with Crippen molar-refractivity contribution in [1.82, 2.24) is 15.6 Å². The topological polar surface area (TPSA) is 94.2 Å². The first-order chi connectivity index (χ1) is 12.0. The number of H-pyrrole nitrogens is 1. The molecule has 7 heteroatoms. The Bertz CT molecular complexity index is 766. The Balaban J connectivity index is 1.43. The average Bonchev–Trinajstić information content (AvgIpc) is 2.97. The number of halogens is 1. The number of carbonyl (C=O) groups excluding carboxylic acids is 1. The van der Waals surface area contributed by atoms with Crippen LogP contribution in [0.4, 0.5) is 9.18 Å². The Labute approximate surface area is 144 Å². The molecule has 0 saturated heterocycles. The molecule has 0 aliphatic heterocycles. The van der Waals surface area contributed by atoms with Crippen LogP contribution in [0.1, 0.15) is 31.2 Å². The van der Waals surface area contributed by atoms with Gasteiger partial charge in [0, 0.05) is 29.7 Å². The zero-order valence-corrected chi connectivity index (χ0v) is 13.8. The Morgan fingerprint density at radius 1 is 1.24 bits per heavy atom. The minimum absolute atomic E-state index is 0.0339. The molecule has 4 N–H and O–H groups in total. The third-order valence-corrected chi connectivity index (χ3v) is 4.82. The molecular weight excluding hydrogens is 325 g/mol. The summed E-state index contributed by atoms with van der Waals surface area (Å²) >= 11 is 0. The summed E-state index contributed by atoms with van der Waals surface area (Å²) < 4.78 is 13.2. The molecule has 0 spiro atoms. The molecule has 6 nitrogen and oxygen atoms in total. The molecule has 0 bridgehead atoms. The molecule has 0 atom stereocenters. The predicted molar refractivity (Wildman–Crippen MR) is 91.9 cm³/mol. The number of carboxylic acid groups (broad SMARTS) is 1. The number of benzene rings is 1. The minimum atomic E-state index is -0.749. The Morgan fingerprint density at radius 2 is 2.00 bits per heavy atom. The molecule has 2 aromatic rings. The number of rotatable bonds is 5. The molecule has 1 aliphatic rings. The first-order valence-corrected chi connectivity index (χ1v) is 8.55. The van der Waals surface area contributed by atoms with Gasteiger partial charge in [0.05, 0.1) is 5.92 Å². The fraction of sp³-hybridized carbons (Fsp3) is 0.444. The van der Waals surface area contributed by atoms with Gasteiger partial charge < -0.3 is 20.7 Å². The van der Waals surface area contributed by atoms with Crippen molar-refractivity contribution < 1.29 is 19.1 Å². The number of urea groups is 1. The lowest BCUT2D eigenvalue weighted by molar-refractivity contribution is -0.142. The summed E-state index contributed by atoms with van der Waals surface area (Å²) in [7, 11) is 0. The lowest BCUT2D eigenvalue weighted by Crippen LogP contribution is -2.44. The predicted octanol–water partition coefficient (Wildman–Crippen LogP) is 2.79. The van der Waals surface area contributed by atoms with E-state index in [1.165, 1.54) is 12.1 Å². The van der Waals surface area contributed by atoms with Crippen LogP contribution in [0, 0.1) is 11.7 Å². The second-order valence-electron chi connectivity index (χ2n) is 6.54. The summed E-state index contributed by atoms with van der Waals surface area (Å²) in [5, 5.41) is 15.7. The normalized spacial score (nSPS) is 20.4. The van der Waals surface area contributed by atoms with Crippen molar-refractivity contribution in [3.63, 3.8) is 0 Å². The first kappa shape index (κ1) is 17.3. The van der Waals surface area contributed by atoms with Crippen molar-refractivity contribution in [1.29, 1.82) is 0 Å². The van der Waals surface area contributed by atoms with Gasteiger partial charge in [-0.2, -0.15) is 0 Å². The van der Waals surface area contributed by atoms with Gasteiger partial charge in [-0.1, -0.05) is 0 Å². The Hall–Kier alpha value is -2.57. The molecule has 1 aliphatic carbocycles. The lowest BCUT2D eigenvalue weighted by Gasteiger charge is -2.26. The highest BCUT2D eigenvalue weighted by Crippen LogP contribution is 2.24. The molecule has 1 saturated carbocycles. The van der Waals surface area contributed by atoms with Gasteiger partial charge in [-0.05, 0) is 55.9 Å². The number of carbonyl (C=O) groups is 2. The summed E-state index contributed by atoms with van der Waals surface area (Å²) in [5.41, 5.74) is 1.77. The van der Waals surface area contributed by atoms with Gasteiger partial charge in [-0.15, -0.1) is 0 Å². The largest absolute Gasteiger partial charge is 0.481 e. The van der Waals surface area contributed by atoms with E-state index < -0.39 is 5.97 Å². The Morgan fingerprint density at radius 3 is 2.72 bits per heavy atom. The molecule has 1 heterocycles. The molecule has 1 aromatic heterocycles. The van der Waals surface area contributed by atoms with Crippen molar-refractivity contribution in [3.05, 3.63) is 35.8 Å². The number of fused-ring (bicyclic) bond motifs is 1. The highest BCUT2D eigenvalue weighted by atomic mass is 19.1. The van der Waals surface area contributed by atoms with E-state index in [1.807, 2.05) is 6.20 Å². The molecule has 0 unspecified atom stereocenters. The molecule has 2 amide bonds. The quantitative estimate of drug-likeness (QED) is 0.670. The molecule has 0 radical (unpaired) electrons. The van der Waals surface area contributed by atoms with E-state index in [0.29, 0.717) is 38.6 Å². The number of aromatic amines is 1. The standard InChI is InChI=1S/C18H22FN3O3/c19-13-3-6-15-12(10-21-16(15)9-13)7-8-20-18(25)22-14-4-1-11(2-5-14)17(23)24/h3,6,9-11,14,21H,1-2,4-5,7-8H2,(H,23,24)(H2,20,22,25). The van der Waals surface area contributed by atoms with E-state index in [-0.39, 0.29) is 23.8 Å². The van der Waals surface area contributed by atoms with Crippen molar-refractivity contribution in [2.24, 2.45) is 5.92 Å². The summed E-state index contributed by atoms with van der Waals surface area (Å²) in [5.74, 6) is -1.31. The minimum Gasteiger partial charge on any atom is -0.481 e. The van der Waals surface area contributed by atoms with Gasteiger partial charge in [0.2, 0.25) is 0 Å².